The third-order valence-electron chi connectivity index (χ3n) is 5.04. The second kappa shape index (κ2) is 9.16. The van der Waals surface area contributed by atoms with Crippen molar-refractivity contribution in [2.75, 3.05) is 26.2 Å². The van der Waals surface area contributed by atoms with Crippen LogP contribution in [0.5, 0.6) is 0 Å². The molecular weight excluding hydrogens is 298 g/mol. The Morgan fingerprint density at radius 2 is 1.92 bits per heavy atom. The molecule has 1 amide bonds. The van der Waals surface area contributed by atoms with Crippen LogP contribution in [0.4, 0.5) is 0 Å². The summed E-state index contributed by atoms with van der Waals surface area (Å²) in [4.78, 5) is 21.5. The number of aromatic nitrogens is 1. The molecule has 0 aliphatic carbocycles. The summed E-state index contributed by atoms with van der Waals surface area (Å²) in [5.41, 5.74) is 1.64. The van der Waals surface area contributed by atoms with Crippen molar-refractivity contribution in [3.63, 3.8) is 0 Å². The first-order valence-electron chi connectivity index (χ1n) is 9.69. The van der Waals surface area contributed by atoms with Gasteiger partial charge in [-0.1, -0.05) is 33.3 Å². The van der Waals surface area contributed by atoms with Crippen LogP contribution in [0.3, 0.4) is 0 Å². The topological polar surface area (TPSA) is 36.4 Å². The molecule has 0 N–H and O–H groups in total. The van der Waals surface area contributed by atoms with E-state index in [2.05, 4.69) is 29.8 Å². The Morgan fingerprint density at radius 3 is 2.54 bits per heavy atom. The molecule has 1 unspecified atom stereocenters. The molecule has 4 nitrogen and oxygen atoms in total. The average molecular weight is 332 g/mol. The third kappa shape index (κ3) is 4.35. The summed E-state index contributed by atoms with van der Waals surface area (Å²) in [6, 6.07) is 6.19. The summed E-state index contributed by atoms with van der Waals surface area (Å²) in [6.45, 7) is 12.5. The number of nitrogens with zero attached hydrogens (tertiary/aromatic N) is 3. The van der Waals surface area contributed by atoms with Crippen molar-refractivity contribution in [1.82, 2.24) is 14.8 Å². The van der Waals surface area contributed by atoms with Gasteiger partial charge in [0.25, 0.3) is 5.91 Å². The summed E-state index contributed by atoms with van der Waals surface area (Å²) >= 11 is 0. The maximum absolute atomic E-state index is 12.5. The first-order valence-corrected chi connectivity index (χ1v) is 9.69. The predicted octanol–water partition coefficient (Wildman–Crippen LogP) is 4.14. The van der Waals surface area contributed by atoms with Crippen LogP contribution in [0.2, 0.25) is 0 Å². The lowest BCUT2D eigenvalue weighted by Crippen LogP contribution is -2.47. The highest BCUT2D eigenvalue weighted by Crippen LogP contribution is 2.29. The number of carbonyl (C=O) groups excluding carboxylic acids is 1. The van der Waals surface area contributed by atoms with Gasteiger partial charge in [-0.25, -0.2) is 4.98 Å². The number of likely N-dealkylation sites (tertiary alicyclic amines) is 2. The fraction of sp³-hybridized carbons (Fsp3) is 0.700. The van der Waals surface area contributed by atoms with E-state index in [1.54, 1.807) is 0 Å². The molecule has 2 saturated heterocycles. The molecule has 3 rings (SSSR count). The van der Waals surface area contributed by atoms with Gasteiger partial charge in [0, 0.05) is 32.2 Å². The highest BCUT2D eigenvalue weighted by atomic mass is 16.2. The normalized spacial score (nSPS) is 19.4. The van der Waals surface area contributed by atoms with E-state index in [0.29, 0.717) is 11.7 Å². The largest absolute Gasteiger partial charge is 0.337 e. The van der Waals surface area contributed by atoms with E-state index in [0.717, 1.165) is 37.5 Å². The van der Waals surface area contributed by atoms with Gasteiger partial charge in [-0.2, -0.15) is 0 Å². The molecule has 2 aliphatic rings. The molecule has 0 radical (unpaired) electrons. The number of hydrogen-bond acceptors (Lipinski definition) is 3. The molecule has 0 bridgehead atoms. The second-order valence-electron chi connectivity index (χ2n) is 6.73. The standard InChI is InChI=1S/C18H27N3O.C2H6/c1-3-7-15-12-21(13-15)14(2)16-8-6-9-17(19-16)18(22)20-10-4-5-11-20;1-2/h6,8-9,14-15H,3-5,7,10-13H2,1-2H3;1-2H3. The van der Waals surface area contributed by atoms with Crippen molar-refractivity contribution in [2.24, 2.45) is 5.92 Å². The van der Waals surface area contributed by atoms with Crippen LogP contribution < -0.4 is 0 Å². The fourth-order valence-electron chi connectivity index (χ4n) is 3.59. The molecule has 1 aromatic heterocycles. The zero-order valence-corrected chi connectivity index (χ0v) is 15.8. The highest BCUT2D eigenvalue weighted by Gasteiger charge is 2.31. The van der Waals surface area contributed by atoms with Gasteiger partial charge in [0.2, 0.25) is 0 Å². The van der Waals surface area contributed by atoms with Gasteiger partial charge in [0.15, 0.2) is 0 Å². The minimum Gasteiger partial charge on any atom is -0.337 e. The Balaban J connectivity index is 0.00000100. The number of pyridine rings is 1. The molecule has 2 aliphatic heterocycles. The van der Waals surface area contributed by atoms with Gasteiger partial charge in [-0.15, -0.1) is 0 Å². The summed E-state index contributed by atoms with van der Waals surface area (Å²) in [5.74, 6) is 0.945. The summed E-state index contributed by atoms with van der Waals surface area (Å²) in [6.07, 6.45) is 4.83. The average Bonchev–Trinajstić information content (AvgIpc) is 3.13. The fourth-order valence-corrected chi connectivity index (χ4v) is 3.59. The van der Waals surface area contributed by atoms with Crippen molar-refractivity contribution in [3.05, 3.63) is 29.6 Å². The minimum atomic E-state index is 0.0963. The van der Waals surface area contributed by atoms with E-state index in [-0.39, 0.29) is 5.91 Å². The van der Waals surface area contributed by atoms with E-state index < -0.39 is 0 Å². The predicted molar refractivity (Wildman–Crippen MR) is 99.1 cm³/mol. The van der Waals surface area contributed by atoms with E-state index in [9.17, 15) is 4.79 Å². The Kier molecular flexibility index (Phi) is 7.22. The van der Waals surface area contributed by atoms with Crippen molar-refractivity contribution in [1.29, 1.82) is 0 Å². The van der Waals surface area contributed by atoms with E-state index in [1.807, 2.05) is 30.9 Å². The molecule has 0 aromatic carbocycles. The number of hydrogen-bond donors (Lipinski definition) is 0. The van der Waals surface area contributed by atoms with E-state index in [4.69, 9.17) is 0 Å². The monoisotopic (exact) mass is 331 g/mol. The minimum absolute atomic E-state index is 0.0963. The second-order valence-corrected chi connectivity index (χ2v) is 6.73. The maximum Gasteiger partial charge on any atom is 0.272 e. The van der Waals surface area contributed by atoms with Crippen molar-refractivity contribution >= 4 is 5.91 Å². The first-order chi connectivity index (χ1) is 11.7. The van der Waals surface area contributed by atoms with Crippen molar-refractivity contribution < 1.29 is 4.79 Å². The lowest BCUT2D eigenvalue weighted by atomic mass is 9.92. The smallest absolute Gasteiger partial charge is 0.272 e. The van der Waals surface area contributed by atoms with Gasteiger partial charge in [-0.05, 0) is 44.2 Å². The number of rotatable bonds is 5. The quantitative estimate of drug-likeness (QED) is 0.814. The molecule has 0 spiro atoms. The SMILES string of the molecule is CC.CCCC1CN(C(C)c2cccc(C(=O)N3CCCC3)n2)C1. The molecule has 3 heterocycles. The first kappa shape index (κ1) is 18.9. The Bertz CT molecular complexity index is 519. The molecule has 4 heteroatoms. The van der Waals surface area contributed by atoms with Gasteiger partial charge >= 0.3 is 0 Å². The lowest BCUT2D eigenvalue weighted by Gasteiger charge is -2.43. The Hall–Kier alpha value is -1.42. The lowest BCUT2D eigenvalue weighted by molar-refractivity contribution is 0.0526. The van der Waals surface area contributed by atoms with Gasteiger partial charge in [0.05, 0.1) is 5.69 Å². The van der Waals surface area contributed by atoms with Crippen LogP contribution in [0.15, 0.2) is 18.2 Å². The molecule has 2 fully saturated rings. The third-order valence-corrected chi connectivity index (χ3v) is 5.04. The molecule has 0 saturated carbocycles. The summed E-state index contributed by atoms with van der Waals surface area (Å²) in [7, 11) is 0. The van der Waals surface area contributed by atoms with Crippen LogP contribution >= 0.6 is 0 Å². The molecular formula is C20H33N3O. The van der Waals surface area contributed by atoms with Gasteiger partial charge in [-0.3, -0.25) is 9.69 Å². The van der Waals surface area contributed by atoms with Crippen LogP contribution in [-0.4, -0.2) is 46.9 Å². The number of carbonyl (C=O) groups is 1. The van der Waals surface area contributed by atoms with E-state index >= 15 is 0 Å². The zero-order chi connectivity index (χ0) is 17.5. The Morgan fingerprint density at radius 1 is 1.25 bits per heavy atom. The molecule has 1 atom stereocenters. The van der Waals surface area contributed by atoms with Crippen LogP contribution in [0.1, 0.15) is 75.6 Å². The zero-order valence-electron chi connectivity index (χ0n) is 15.8. The van der Waals surface area contributed by atoms with Gasteiger partial charge < -0.3 is 4.90 Å². The highest BCUT2D eigenvalue weighted by molar-refractivity contribution is 5.92. The van der Waals surface area contributed by atoms with E-state index in [1.165, 1.54) is 25.9 Å². The maximum atomic E-state index is 12.5. The van der Waals surface area contributed by atoms with Crippen molar-refractivity contribution in [2.45, 2.75) is 59.4 Å². The Labute approximate surface area is 147 Å². The van der Waals surface area contributed by atoms with Gasteiger partial charge in [0.1, 0.15) is 5.69 Å². The summed E-state index contributed by atoms with van der Waals surface area (Å²) in [5, 5.41) is 0. The molecule has 1 aromatic rings. The summed E-state index contributed by atoms with van der Waals surface area (Å²) < 4.78 is 0. The van der Waals surface area contributed by atoms with Crippen LogP contribution in [0, 0.1) is 5.92 Å². The molecule has 134 valence electrons. The molecule has 24 heavy (non-hydrogen) atoms. The van der Waals surface area contributed by atoms with Crippen LogP contribution in [0.25, 0.3) is 0 Å². The van der Waals surface area contributed by atoms with Crippen LogP contribution in [-0.2, 0) is 0 Å². The van der Waals surface area contributed by atoms with Crippen molar-refractivity contribution in [3.8, 4) is 0 Å². The number of amides is 1.